The number of anilines is 1. The lowest BCUT2D eigenvalue weighted by Gasteiger charge is -2.10. The van der Waals surface area contributed by atoms with Gasteiger partial charge < -0.3 is 10.5 Å². The SMILES string of the molecule is CCOC(=O)c1c(N)c(C)c(Br)c2nn(C)cc12. The zero-order chi connectivity index (χ0) is 13.4. The Hall–Kier alpha value is -1.56. The van der Waals surface area contributed by atoms with Gasteiger partial charge in [0.1, 0.15) is 5.52 Å². The topological polar surface area (TPSA) is 70.1 Å². The summed E-state index contributed by atoms with van der Waals surface area (Å²) in [5, 5.41) is 5.02. The maximum atomic E-state index is 12.0. The molecule has 0 bridgehead atoms. The molecule has 0 aliphatic carbocycles. The Morgan fingerprint density at radius 1 is 1.61 bits per heavy atom. The second-order valence-corrected chi connectivity index (χ2v) is 4.81. The Balaban J connectivity index is 2.82. The number of carbonyl (C=O) groups is 1. The number of nitrogens with two attached hydrogens (primary N) is 1. The number of rotatable bonds is 2. The van der Waals surface area contributed by atoms with Crippen molar-refractivity contribution in [2.45, 2.75) is 13.8 Å². The van der Waals surface area contributed by atoms with Crippen molar-refractivity contribution >= 4 is 38.5 Å². The van der Waals surface area contributed by atoms with Crippen molar-refractivity contribution in [3.63, 3.8) is 0 Å². The van der Waals surface area contributed by atoms with Gasteiger partial charge in [-0.25, -0.2) is 4.79 Å². The van der Waals surface area contributed by atoms with Gasteiger partial charge in [0.15, 0.2) is 0 Å². The number of carbonyl (C=O) groups excluding carboxylic acids is 1. The van der Waals surface area contributed by atoms with Crippen LogP contribution in [0.3, 0.4) is 0 Å². The van der Waals surface area contributed by atoms with E-state index in [-0.39, 0.29) is 0 Å². The number of benzene rings is 1. The Bertz CT molecular complexity index is 634. The van der Waals surface area contributed by atoms with E-state index in [9.17, 15) is 4.79 Å². The molecule has 1 heterocycles. The predicted octanol–water partition coefficient (Wildman–Crippen LogP) is 2.40. The summed E-state index contributed by atoms with van der Waals surface area (Å²) < 4.78 is 7.51. The van der Waals surface area contributed by atoms with E-state index in [4.69, 9.17) is 10.5 Å². The highest BCUT2D eigenvalue weighted by Gasteiger charge is 2.22. The molecule has 0 aliphatic rings. The predicted molar refractivity (Wildman–Crippen MR) is 73.5 cm³/mol. The molecule has 0 atom stereocenters. The maximum Gasteiger partial charge on any atom is 0.340 e. The Morgan fingerprint density at radius 2 is 2.28 bits per heavy atom. The number of fused-ring (bicyclic) bond motifs is 1. The zero-order valence-electron chi connectivity index (χ0n) is 10.5. The van der Waals surface area contributed by atoms with Gasteiger partial charge in [-0.15, -0.1) is 0 Å². The molecule has 0 radical (unpaired) electrons. The lowest BCUT2D eigenvalue weighted by molar-refractivity contribution is 0.0530. The summed E-state index contributed by atoms with van der Waals surface area (Å²) in [5.74, 6) is -0.413. The first-order valence-corrected chi connectivity index (χ1v) is 6.34. The number of aryl methyl sites for hydroxylation is 1. The molecule has 0 saturated heterocycles. The van der Waals surface area contributed by atoms with Crippen LogP contribution in [0.4, 0.5) is 5.69 Å². The third kappa shape index (κ3) is 1.86. The molecule has 0 saturated carbocycles. The van der Waals surface area contributed by atoms with Crippen LogP contribution in [0.15, 0.2) is 10.7 Å². The van der Waals surface area contributed by atoms with Crippen molar-refractivity contribution in [2.24, 2.45) is 7.05 Å². The highest BCUT2D eigenvalue weighted by molar-refractivity contribution is 9.10. The van der Waals surface area contributed by atoms with Crippen LogP contribution >= 0.6 is 15.9 Å². The molecule has 2 aromatic rings. The van der Waals surface area contributed by atoms with E-state index in [1.54, 1.807) is 24.9 Å². The largest absolute Gasteiger partial charge is 0.462 e. The van der Waals surface area contributed by atoms with Gasteiger partial charge in [0.25, 0.3) is 0 Å². The fraction of sp³-hybridized carbons (Fsp3) is 0.333. The third-order valence-corrected chi connectivity index (χ3v) is 3.76. The van der Waals surface area contributed by atoms with Gasteiger partial charge in [-0.05, 0) is 35.3 Å². The van der Waals surface area contributed by atoms with Crippen LogP contribution in [-0.2, 0) is 11.8 Å². The Morgan fingerprint density at radius 3 is 2.89 bits per heavy atom. The molecule has 0 amide bonds. The van der Waals surface area contributed by atoms with E-state index < -0.39 is 5.97 Å². The first-order chi connectivity index (χ1) is 8.47. The van der Waals surface area contributed by atoms with Crippen LogP contribution in [0.2, 0.25) is 0 Å². The standard InChI is InChI=1S/C12H14BrN3O2/c1-4-18-12(17)8-7-5-16(3)15-11(7)9(13)6(2)10(8)14/h5H,4,14H2,1-3H3. The van der Waals surface area contributed by atoms with E-state index in [0.717, 1.165) is 10.0 Å². The molecule has 2 N–H and O–H groups in total. The van der Waals surface area contributed by atoms with Crippen molar-refractivity contribution in [1.29, 1.82) is 0 Å². The van der Waals surface area contributed by atoms with Crippen LogP contribution in [0, 0.1) is 6.92 Å². The summed E-state index contributed by atoms with van der Waals surface area (Å²) in [6.07, 6.45) is 1.77. The van der Waals surface area contributed by atoms with Crippen LogP contribution < -0.4 is 5.73 Å². The minimum atomic E-state index is -0.413. The van der Waals surface area contributed by atoms with Gasteiger partial charge in [0.05, 0.1) is 22.3 Å². The molecule has 96 valence electrons. The maximum absolute atomic E-state index is 12.0. The number of aromatic nitrogens is 2. The minimum absolute atomic E-state index is 0.315. The molecular formula is C12H14BrN3O2. The number of halogens is 1. The van der Waals surface area contributed by atoms with Crippen molar-refractivity contribution in [3.05, 3.63) is 21.8 Å². The Kier molecular flexibility index (Phi) is 3.30. The van der Waals surface area contributed by atoms with E-state index in [1.165, 1.54) is 0 Å². The highest BCUT2D eigenvalue weighted by Crippen LogP contribution is 2.35. The van der Waals surface area contributed by atoms with Crippen molar-refractivity contribution < 1.29 is 9.53 Å². The average molecular weight is 312 g/mol. The van der Waals surface area contributed by atoms with E-state index in [1.807, 2.05) is 6.92 Å². The van der Waals surface area contributed by atoms with Crippen molar-refractivity contribution in [2.75, 3.05) is 12.3 Å². The Labute approximate surface area is 113 Å². The molecule has 18 heavy (non-hydrogen) atoms. The number of ether oxygens (including phenoxy) is 1. The molecule has 5 nitrogen and oxygen atoms in total. The summed E-state index contributed by atoms with van der Waals surface area (Å²) in [7, 11) is 1.80. The van der Waals surface area contributed by atoms with Gasteiger partial charge >= 0.3 is 5.97 Å². The van der Waals surface area contributed by atoms with E-state index in [2.05, 4.69) is 21.0 Å². The number of nitrogens with zero attached hydrogens (tertiary/aromatic N) is 2. The third-order valence-electron chi connectivity index (χ3n) is 2.79. The van der Waals surface area contributed by atoms with Gasteiger partial charge in [-0.2, -0.15) is 5.10 Å². The van der Waals surface area contributed by atoms with Crippen LogP contribution in [0.5, 0.6) is 0 Å². The van der Waals surface area contributed by atoms with Crippen LogP contribution in [-0.4, -0.2) is 22.4 Å². The molecule has 0 fully saturated rings. The van der Waals surface area contributed by atoms with Gasteiger partial charge in [-0.1, -0.05) is 0 Å². The normalized spacial score (nSPS) is 10.9. The highest BCUT2D eigenvalue weighted by atomic mass is 79.9. The second kappa shape index (κ2) is 4.61. The first-order valence-electron chi connectivity index (χ1n) is 5.55. The van der Waals surface area contributed by atoms with Gasteiger partial charge in [0.2, 0.25) is 0 Å². The molecule has 0 spiro atoms. The minimum Gasteiger partial charge on any atom is -0.462 e. The van der Waals surface area contributed by atoms with Crippen molar-refractivity contribution in [3.8, 4) is 0 Å². The lowest BCUT2D eigenvalue weighted by Crippen LogP contribution is -2.10. The van der Waals surface area contributed by atoms with E-state index in [0.29, 0.717) is 28.8 Å². The summed E-state index contributed by atoms with van der Waals surface area (Å²) in [5.41, 5.74) is 8.35. The average Bonchev–Trinajstić information content (AvgIpc) is 2.68. The first kappa shape index (κ1) is 12.9. The quantitative estimate of drug-likeness (QED) is 0.683. The number of nitrogen functional groups attached to an aromatic ring is 1. The molecule has 1 aromatic heterocycles. The summed E-state index contributed by atoms with van der Waals surface area (Å²) >= 11 is 3.46. The molecule has 0 unspecified atom stereocenters. The summed E-state index contributed by atoms with van der Waals surface area (Å²) in [6, 6.07) is 0. The number of esters is 1. The molecule has 6 heteroatoms. The van der Waals surface area contributed by atoms with Crippen LogP contribution in [0.1, 0.15) is 22.8 Å². The zero-order valence-corrected chi connectivity index (χ0v) is 12.0. The molecule has 2 rings (SSSR count). The fourth-order valence-electron chi connectivity index (χ4n) is 1.89. The smallest absolute Gasteiger partial charge is 0.340 e. The summed E-state index contributed by atoms with van der Waals surface area (Å²) in [4.78, 5) is 12.0. The molecular weight excluding hydrogens is 298 g/mol. The van der Waals surface area contributed by atoms with Gasteiger partial charge in [0, 0.05) is 18.6 Å². The van der Waals surface area contributed by atoms with Crippen LogP contribution in [0.25, 0.3) is 10.9 Å². The van der Waals surface area contributed by atoms with Crippen molar-refractivity contribution in [1.82, 2.24) is 9.78 Å². The lowest BCUT2D eigenvalue weighted by atomic mass is 10.0. The monoisotopic (exact) mass is 311 g/mol. The van der Waals surface area contributed by atoms with Gasteiger partial charge in [-0.3, -0.25) is 4.68 Å². The fourth-order valence-corrected chi connectivity index (χ4v) is 2.39. The molecule has 0 aliphatic heterocycles. The van der Waals surface area contributed by atoms with E-state index >= 15 is 0 Å². The number of hydrogen-bond acceptors (Lipinski definition) is 4. The second-order valence-electron chi connectivity index (χ2n) is 4.01. The number of hydrogen-bond donors (Lipinski definition) is 1. The molecule has 1 aromatic carbocycles. The summed E-state index contributed by atoms with van der Waals surface area (Å²) in [6.45, 7) is 3.92.